The summed E-state index contributed by atoms with van der Waals surface area (Å²) in [6, 6.07) is 9.02. The summed E-state index contributed by atoms with van der Waals surface area (Å²) in [4.78, 5) is 8.53. The third-order valence-electron chi connectivity index (χ3n) is 2.44. The van der Waals surface area contributed by atoms with Crippen LogP contribution >= 0.6 is 23.2 Å². The normalized spacial score (nSPS) is 23.0. The Hall–Kier alpha value is -1.52. The quantitative estimate of drug-likeness (QED) is 0.368. The van der Waals surface area contributed by atoms with E-state index >= 15 is 0 Å². The van der Waals surface area contributed by atoms with Crippen molar-refractivity contribution in [2.75, 3.05) is 0 Å². The van der Waals surface area contributed by atoms with Gasteiger partial charge in [0.05, 0.1) is 11.5 Å². The number of hydrogen-bond donors (Lipinski definition) is 0. The predicted molar refractivity (Wildman–Crippen MR) is 69.3 cm³/mol. The van der Waals surface area contributed by atoms with Gasteiger partial charge in [0.25, 0.3) is 0 Å². The molecule has 1 aliphatic rings. The number of nitro groups is 1. The van der Waals surface area contributed by atoms with Crippen molar-refractivity contribution in [3.8, 4) is 5.75 Å². The lowest BCUT2D eigenvalue weighted by molar-refractivity contribution is -0.527. The second-order valence-electron chi connectivity index (χ2n) is 3.77. The maximum absolute atomic E-state index is 10.8. The molecule has 94 valence electrons. The molecule has 1 atom stereocenters. The Balaban J connectivity index is 2.18. The standard InChI is InChI=1S/C12H9Cl2NO3/c13-10-8-12(14,15(16)17)7-6-11(10)18-9-4-2-1-3-5-9/h1-7H,8H2/t12-/m1/s1. The van der Waals surface area contributed by atoms with Gasteiger partial charge in [-0.3, -0.25) is 10.1 Å². The molecular weight excluding hydrogens is 277 g/mol. The van der Waals surface area contributed by atoms with Gasteiger partial charge in [-0.25, -0.2) is 0 Å². The Labute approximate surface area is 114 Å². The molecule has 0 spiro atoms. The van der Waals surface area contributed by atoms with Gasteiger partial charge in [-0.15, -0.1) is 0 Å². The first-order chi connectivity index (χ1) is 8.51. The SMILES string of the molecule is O=[N+]([O-])[C@]1(Cl)C=CC(Oc2ccccc2)=C(Cl)C1. The lowest BCUT2D eigenvalue weighted by Crippen LogP contribution is -2.31. The van der Waals surface area contributed by atoms with Crippen LogP contribution in [0.4, 0.5) is 0 Å². The number of para-hydroxylation sites is 1. The van der Waals surface area contributed by atoms with E-state index in [9.17, 15) is 10.1 Å². The summed E-state index contributed by atoms with van der Waals surface area (Å²) >= 11 is 11.8. The Bertz CT molecular complexity index is 527. The highest BCUT2D eigenvalue weighted by Gasteiger charge is 2.41. The van der Waals surface area contributed by atoms with Crippen molar-refractivity contribution in [3.63, 3.8) is 0 Å². The van der Waals surface area contributed by atoms with Crippen LogP contribution in [0.15, 0.2) is 53.3 Å². The minimum Gasteiger partial charge on any atom is -0.456 e. The van der Waals surface area contributed by atoms with Crippen molar-refractivity contribution in [2.45, 2.75) is 11.4 Å². The van der Waals surface area contributed by atoms with E-state index in [1.54, 1.807) is 12.1 Å². The van der Waals surface area contributed by atoms with Crippen molar-refractivity contribution < 1.29 is 9.66 Å². The van der Waals surface area contributed by atoms with Crippen LogP contribution in [0.25, 0.3) is 0 Å². The number of nitrogens with zero attached hydrogens (tertiary/aromatic N) is 1. The van der Waals surface area contributed by atoms with E-state index < -0.39 is 9.92 Å². The number of benzene rings is 1. The molecule has 0 aliphatic heterocycles. The molecule has 0 bridgehead atoms. The molecular formula is C12H9Cl2NO3. The fraction of sp³-hybridized carbons (Fsp3) is 0.167. The van der Waals surface area contributed by atoms with Crippen LogP contribution in [0.1, 0.15) is 6.42 Å². The lowest BCUT2D eigenvalue weighted by atomic mass is 10.1. The summed E-state index contributed by atoms with van der Waals surface area (Å²) < 4.78 is 5.52. The maximum atomic E-state index is 10.8. The molecule has 0 unspecified atom stereocenters. The monoisotopic (exact) mass is 285 g/mol. The van der Waals surface area contributed by atoms with Gasteiger partial charge in [0.1, 0.15) is 11.5 Å². The lowest BCUT2D eigenvalue weighted by Gasteiger charge is -2.20. The van der Waals surface area contributed by atoms with E-state index in [0.29, 0.717) is 11.5 Å². The number of halogens is 2. The summed E-state index contributed by atoms with van der Waals surface area (Å²) in [6.45, 7) is 0. The molecule has 0 saturated carbocycles. The van der Waals surface area contributed by atoms with Crippen LogP contribution in [-0.2, 0) is 0 Å². The molecule has 18 heavy (non-hydrogen) atoms. The molecule has 4 nitrogen and oxygen atoms in total. The first kappa shape index (κ1) is 12.9. The van der Waals surface area contributed by atoms with Crippen LogP contribution in [0.3, 0.4) is 0 Å². The van der Waals surface area contributed by atoms with Gasteiger partial charge >= 0.3 is 5.00 Å². The van der Waals surface area contributed by atoms with Crippen LogP contribution < -0.4 is 4.74 Å². The molecule has 6 heteroatoms. The smallest absolute Gasteiger partial charge is 0.318 e. The van der Waals surface area contributed by atoms with Gasteiger partial charge in [0, 0.05) is 11.0 Å². The zero-order chi connectivity index (χ0) is 13.2. The molecule has 0 aromatic heterocycles. The first-order valence-electron chi connectivity index (χ1n) is 5.15. The van der Waals surface area contributed by atoms with Crippen LogP contribution in [0.5, 0.6) is 5.75 Å². The zero-order valence-electron chi connectivity index (χ0n) is 9.18. The van der Waals surface area contributed by atoms with E-state index in [0.717, 1.165) is 0 Å². The van der Waals surface area contributed by atoms with Crippen LogP contribution in [-0.4, -0.2) is 9.92 Å². The second-order valence-corrected chi connectivity index (χ2v) is 4.88. The molecule has 0 radical (unpaired) electrons. The molecule has 2 rings (SSSR count). The highest BCUT2D eigenvalue weighted by Crippen LogP contribution is 2.35. The fourth-order valence-corrected chi connectivity index (χ4v) is 2.06. The summed E-state index contributed by atoms with van der Waals surface area (Å²) in [5.41, 5.74) is 0. The Kier molecular flexibility index (Phi) is 3.59. The summed E-state index contributed by atoms with van der Waals surface area (Å²) in [6.07, 6.45) is 2.61. The van der Waals surface area contributed by atoms with Crippen molar-refractivity contribution in [2.24, 2.45) is 0 Å². The molecule has 0 fully saturated rings. The second kappa shape index (κ2) is 5.00. The van der Waals surface area contributed by atoms with Crippen molar-refractivity contribution >= 4 is 23.2 Å². The Morgan fingerprint density at radius 3 is 2.56 bits per heavy atom. The minimum atomic E-state index is -1.68. The Morgan fingerprint density at radius 2 is 2.00 bits per heavy atom. The molecule has 0 amide bonds. The molecule has 0 saturated heterocycles. The zero-order valence-corrected chi connectivity index (χ0v) is 10.7. The predicted octanol–water partition coefficient (Wildman–Crippen LogP) is 3.69. The van der Waals surface area contributed by atoms with Crippen molar-refractivity contribution in [1.29, 1.82) is 0 Å². The van der Waals surface area contributed by atoms with E-state index in [2.05, 4.69) is 0 Å². The molecule has 1 aromatic carbocycles. The highest BCUT2D eigenvalue weighted by molar-refractivity contribution is 6.32. The summed E-state index contributed by atoms with van der Waals surface area (Å²) in [5, 5.41) is 11.0. The van der Waals surface area contributed by atoms with Crippen LogP contribution in [0, 0.1) is 10.1 Å². The number of ether oxygens (including phenoxy) is 1. The van der Waals surface area contributed by atoms with E-state index in [1.165, 1.54) is 12.2 Å². The number of hydrogen-bond acceptors (Lipinski definition) is 3. The summed E-state index contributed by atoms with van der Waals surface area (Å²) in [5.74, 6) is 0.986. The Morgan fingerprint density at radius 1 is 1.33 bits per heavy atom. The van der Waals surface area contributed by atoms with Gasteiger partial charge in [-0.05, 0) is 29.8 Å². The first-order valence-corrected chi connectivity index (χ1v) is 5.91. The average Bonchev–Trinajstić information content (AvgIpc) is 2.34. The molecule has 1 aromatic rings. The van der Waals surface area contributed by atoms with E-state index in [1.807, 2.05) is 18.2 Å². The maximum Gasteiger partial charge on any atom is 0.318 e. The average molecular weight is 286 g/mol. The number of alkyl halides is 1. The van der Waals surface area contributed by atoms with E-state index in [-0.39, 0.29) is 11.5 Å². The number of rotatable bonds is 3. The van der Waals surface area contributed by atoms with Gasteiger partial charge in [0.2, 0.25) is 0 Å². The topological polar surface area (TPSA) is 52.4 Å². The molecule has 1 aliphatic carbocycles. The van der Waals surface area contributed by atoms with Gasteiger partial charge < -0.3 is 4.74 Å². The van der Waals surface area contributed by atoms with Crippen LogP contribution in [0.2, 0.25) is 0 Å². The largest absolute Gasteiger partial charge is 0.456 e. The highest BCUT2D eigenvalue weighted by atomic mass is 35.5. The van der Waals surface area contributed by atoms with E-state index in [4.69, 9.17) is 27.9 Å². The van der Waals surface area contributed by atoms with Gasteiger partial charge in [0.15, 0.2) is 0 Å². The fourth-order valence-electron chi connectivity index (χ4n) is 1.49. The molecule has 0 heterocycles. The van der Waals surface area contributed by atoms with Gasteiger partial charge in [-0.2, -0.15) is 0 Å². The molecule has 0 N–H and O–H groups in total. The third kappa shape index (κ3) is 2.66. The van der Waals surface area contributed by atoms with Gasteiger partial charge in [-0.1, -0.05) is 29.8 Å². The third-order valence-corrected chi connectivity index (χ3v) is 3.15. The summed E-state index contributed by atoms with van der Waals surface area (Å²) in [7, 11) is 0. The number of allylic oxidation sites excluding steroid dienone is 1. The van der Waals surface area contributed by atoms with Crippen molar-refractivity contribution in [1.82, 2.24) is 0 Å². The van der Waals surface area contributed by atoms with Crippen molar-refractivity contribution in [3.05, 3.63) is 63.4 Å². The minimum absolute atomic E-state index is 0.0955.